The van der Waals surface area contributed by atoms with Crippen LogP contribution in [0.2, 0.25) is 0 Å². The van der Waals surface area contributed by atoms with Crippen molar-refractivity contribution in [3.63, 3.8) is 0 Å². The minimum absolute atomic E-state index is 0.0927. The van der Waals surface area contributed by atoms with Gasteiger partial charge in [0.25, 0.3) is 0 Å². The van der Waals surface area contributed by atoms with Crippen LogP contribution < -0.4 is 10.6 Å². The number of nitrogens with zero attached hydrogens (tertiary/aromatic N) is 1. The van der Waals surface area contributed by atoms with E-state index in [1.54, 1.807) is 4.90 Å². The lowest BCUT2D eigenvalue weighted by Crippen LogP contribution is -2.46. The van der Waals surface area contributed by atoms with Crippen LogP contribution in [0.1, 0.15) is 24.8 Å². The number of hydrogen-bond donors (Lipinski definition) is 2. The predicted octanol–water partition coefficient (Wildman–Crippen LogP) is 1.97. The van der Waals surface area contributed by atoms with E-state index < -0.39 is 12.1 Å². The van der Waals surface area contributed by atoms with E-state index in [0.717, 1.165) is 36.1 Å². The second-order valence-electron chi connectivity index (χ2n) is 5.21. The third-order valence-electron chi connectivity index (χ3n) is 4.04. The highest BCUT2D eigenvalue weighted by Gasteiger charge is 2.35. The standard InChI is InChI=1S/C15H18N2O2/c16-15(19)17-12-7-3-1-5-10(12)9-14(18)11-6-2-4-8-13(11)17/h1,3,5-7,13-14,18H,2,4,8-9H2,(H2,16,19). The van der Waals surface area contributed by atoms with E-state index in [4.69, 9.17) is 5.73 Å². The van der Waals surface area contributed by atoms with Crippen LogP contribution in [-0.2, 0) is 6.42 Å². The van der Waals surface area contributed by atoms with Crippen molar-refractivity contribution in [3.05, 3.63) is 41.5 Å². The normalized spacial score (nSPS) is 25.9. The first-order chi connectivity index (χ1) is 9.18. The Labute approximate surface area is 112 Å². The van der Waals surface area contributed by atoms with Gasteiger partial charge in [-0.05, 0) is 36.5 Å². The molecule has 100 valence electrons. The first kappa shape index (κ1) is 12.2. The lowest BCUT2D eigenvalue weighted by molar-refractivity contribution is 0.201. The largest absolute Gasteiger partial charge is 0.388 e. The van der Waals surface area contributed by atoms with Crippen molar-refractivity contribution in [1.29, 1.82) is 0 Å². The zero-order valence-electron chi connectivity index (χ0n) is 10.7. The van der Waals surface area contributed by atoms with Crippen LogP contribution >= 0.6 is 0 Å². The molecule has 1 aromatic carbocycles. The first-order valence-corrected chi connectivity index (χ1v) is 6.73. The molecule has 1 aromatic rings. The average Bonchev–Trinajstić information content (AvgIpc) is 2.53. The molecular weight excluding hydrogens is 240 g/mol. The molecule has 0 radical (unpaired) electrons. The molecule has 19 heavy (non-hydrogen) atoms. The van der Waals surface area contributed by atoms with Crippen LogP contribution in [0.3, 0.4) is 0 Å². The lowest BCUT2D eigenvalue weighted by Gasteiger charge is -2.34. The van der Waals surface area contributed by atoms with Crippen molar-refractivity contribution in [1.82, 2.24) is 0 Å². The molecule has 0 saturated carbocycles. The number of aliphatic hydroxyl groups excluding tert-OH is 1. The predicted molar refractivity (Wildman–Crippen MR) is 73.9 cm³/mol. The number of amides is 2. The van der Waals surface area contributed by atoms with E-state index in [1.165, 1.54) is 0 Å². The molecule has 1 heterocycles. The number of nitrogens with two attached hydrogens (primary N) is 1. The van der Waals surface area contributed by atoms with Crippen molar-refractivity contribution < 1.29 is 9.90 Å². The Balaban J connectivity index is 2.15. The second kappa shape index (κ2) is 4.70. The summed E-state index contributed by atoms with van der Waals surface area (Å²) in [5, 5.41) is 10.4. The summed E-state index contributed by atoms with van der Waals surface area (Å²) in [5.41, 5.74) is 8.34. The van der Waals surface area contributed by atoms with E-state index in [9.17, 15) is 9.90 Å². The molecule has 0 bridgehead atoms. The maximum Gasteiger partial charge on any atom is 0.319 e. The Bertz CT molecular complexity index is 539. The van der Waals surface area contributed by atoms with Gasteiger partial charge in [0.15, 0.2) is 0 Å². The van der Waals surface area contributed by atoms with Crippen molar-refractivity contribution in [2.24, 2.45) is 5.73 Å². The minimum Gasteiger partial charge on any atom is -0.388 e. The summed E-state index contributed by atoms with van der Waals surface area (Å²) >= 11 is 0. The smallest absolute Gasteiger partial charge is 0.319 e. The Morgan fingerprint density at radius 2 is 2.16 bits per heavy atom. The summed E-state index contributed by atoms with van der Waals surface area (Å²) in [4.78, 5) is 13.5. The van der Waals surface area contributed by atoms with Gasteiger partial charge in [-0.25, -0.2) is 4.79 Å². The fraction of sp³-hybridized carbons (Fsp3) is 0.400. The van der Waals surface area contributed by atoms with Gasteiger partial charge in [-0.1, -0.05) is 24.3 Å². The second-order valence-corrected chi connectivity index (χ2v) is 5.21. The summed E-state index contributed by atoms with van der Waals surface area (Å²) in [6.07, 6.45) is 4.94. The average molecular weight is 258 g/mol. The van der Waals surface area contributed by atoms with E-state index in [-0.39, 0.29) is 6.04 Å². The highest BCUT2D eigenvalue weighted by molar-refractivity contribution is 5.93. The SMILES string of the molecule is NC(=O)N1c2ccccc2CC(O)C2=CCCCC21. The third kappa shape index (κ3) is 2.02. The number of anilines is 1. The molecule has 0 aromatic heterocycles. The van der Waals surface area contributed by atoms with Gasteiger partial charge in [0, 0.05) is 12.1 Å². The molecule has 0 fully saturated rings. The Hall–Kier alpha value is -1.81. The fourth-order valence-electron chi connectivity index (χ4n) is 3.20. The number of benzene rings is 1. The maximum atomic E-state index is 11.9. The number of rotatable bonds is 0. The monoisotopic (exact) mass is 258 g/mol. The van der Waals surface area contributed by atoms with Gasteiger partial charge in [-0.2, -0.15) is 0 Å². The van der Waals surface area contributed by atoms with Gasteiger partial charge < -0.3 is 10.8 Å². The number of aliphatic hydroxyl groups is 1. The number of allylic oxidation sites excluding steroid dienone is 1. The summed E-state index contributed by atoms with van der Waals surface area (Å²) in [6, 6.07) is 7.15. The highest BCUT2D eigenvalue weighted by Crippen LogP contribution is 2.36. The number of para-hydroxylation sites is 1. The van der Waals surface area contributed by atoms with E-state index >= 15 is 0 Å². The number of carbonyl (C=O) groups excluding carboxylic acids is 1. The van der Waals surface area contributed by atoms with Gasteiger partial charge in [0.1, 0.15) is 0 Å². The molecule has 2 aliphatic rings. The molecular formula is C15H18N2O2. The quantitative estimate of drug-likeness (QED) is 0.699. The van der Waals surface area contributed by atoms with Crippen molar-refractivity contribution in [2.75, 3.05) is 4.90 Å². The number of carbonyl (C=O) groups is 1. The molecule has 0 saturated heterocycles. The highest BCUT2D eigenvalue weighted by atomic mass is 16.3. The summed E-state index contributed by atoms with van der Waals surface area (Å²) in [7, 11) is 0. The van der Waals surface area contributed by atoms with E-state index in [1.807, 2.05) is 24.3 Å². The van der Waals surface area contributed by atoms with E-state index in [2.05, 4.69) is 6.08 Å². The van der Waals surface area contributed by atoms with E-state index in [0.29, 0.717) is 6.42 Å². The van der Waals surface area contributed by atoms with Crippen LogP contribution in [0, 0.1) is 0 Å². The molecule has 4 nitrogen and oxygen atoms in total. The number of urea groups is 1. The summed E-state index contributed by atoms with van der Waals surface area (Å²) < 4.78 is 0. The number of hydrogen-bond acceptors (Lipinski definition) is 2. The fourth-order valence-corrected chi connectivity index (χ4v) is 3.20. The van der Waals surface area contributed by atoms with Gasteiger partial charge in [-0.3, -0.25) is 4.90 Å². The van der Waals surface area contributed by atoms with Crippen LogP contribution in [0.15, 0.2) is 35.9 Å². The zero-order chi connectivity index (χ0) is 13.4. The van der Waals surface area contributed by atoms with Crippen LogP contribution in [0.4, 0.5) is 10.5 Å². The van der Waals surface area contributed by atoms with Gasteiger partial charge in [0.05, 0.1) is 12.1 Å². The maximum absolute atomic E-state index is 11.9. The van der Waals surface area contributed by atoms with Crippen LogP contribution in [-0.4, -0.2) is 23.3 Å². The van der Waals surface area contributed by atoms with Gasteiger partial charge in [0.2, 0.25) is 0 Å². The van der Waals surface area contributed by atoms with Gasteiger partial charge in [-0.15, -0.1) is 0 Å². The van der Waals surface area contributed by atoms with Crippen LogP contribution in [0.25, 0.3) is 0 Å². The molecule has 1 aliphatic carbocycles. The third-order valence-corrected chi connectivity index (χ3v) is 4.04. The number of fused-ring (bicyclic) bond motifs is 2. The number of primary amides is 1. The van der Waals surface area contributed by atoms with Crippen molar-refractivity contribution in [3.8, 4) is 0 Å². The minimum atomic E-state index is -0.518. The molecule has 3 N–H and O–H groups in total. The van der Waals surface area contributed by atoms with Crippen molar-refractivity contribution in [2.45, 2.75) is 37.8 Å². The summed E-state index contributed by atoms with van der Waals surface area (Å²) in [6.45, 7) is 0. The topological polar surface area (TPSA) is 66.6 Å². The first-order valence-electron chi connectivity index (χ1n) is 6.73. The molecule has 1 aliphatic heterocycles. The molecule has 2 unspecified atom stereocenters. The van der Waals surface area contributed by atoms with Crippen LogP contribution in [0.5, 0.6) is 0 Å². The Kier molecular flexibility index (Phi) is 3.03. The Morgan fingerprint density at radius 3 is 2.95 bits per heavy atom. The van der Waals surface area contributed by atoms with Crippen molar-refractivity contribution >= 4 is 11.7 Å². The molecule has 0 spiro atoms. The van der Waals surface area contributed by atoms with Gasteiger partial charge >= 0.3 is 6.03 Å². The zero-order valence-corrected chi connectivity index (χ0v) is 10.7. The lowest BCUT2D eigenvalue weighted by atomic mass is 9.89. The molecule has 3 rings (SSSR count). The molecule has 4 heteroatoms. The summed E-state index contributed by atoms with van der Waals surface area (Å²) in [5.74, 6) is 0. The Morgan fingerprint density at radius 1 is 1.37 bits per heavy atom. The molecule has 2 amide bonds. The molecule has 2 atom stereocenters.